The molecule has 0 saturated heterocycles. The van der Waals surface area contributed by atoms with Crippen LogP contribution in [0.15, 0.2) is 71.1 Å². The van der Waals surface area contributed by atoms with E-state index in [1.807, 2.05) is 30.3 Å². The van der Waals surface area contributed by atoms with Gasteiger partial charge in [0.25, 0.3) is 0 Å². The lowest BCUT2D eigenvalue weighted by Gasteiger charge is -2.03. The first-order valence-electron chi connectivity index (χ1n) is 7.23. The number of hydrogen-bond acceptors (Lipinski definition) is 1. The molecule has 0 unspecified atom stereocenters. The van der Waals surface area contributed by atoms with Gasteiger partial charge in [0.15, 0.2) is 0 Å². The molecule has 0 aliphatic carbocycles. The Balaban J connectivity index is 2.00. The summed E-state index contributed by atoms with van der Waals surface area (Å²) in [6.07, 6.45) is 0. The van der Waals surface area contributed by atoms with Crippen molar-refractivity contribution in [2.24, 2.45) is 0 Å². The monoisotopic (exact) mass is 286 g/mol. The van der Waals surface area contributed by atoms with Gasteiger partial charge in [-0.2, -0.15) is 0 Å². The van der Waals surface area contributed by atoms with Gasteiger partial charge in [-0.3, -0.25) is 0 Å². The summed E-state index contributed by atoms with van der Waals surface area (Å²) < 4.78 is 19.5. The van der Waals surface area contributed by atoms with E-state index < -0.39 is 0 Å². The summed E-state index contributed by atoms with van der Waals surface area (Å²) in [6, 6.07) is 21.2. The summed E-state index contributed by atoms with van der Waals surface area (Å²) >= 11 is 0. The van der Waals surface area contributed by atoms with Gasteiger partial charge in [-0.1, -0.05) is 30.3 Å². The van der Waals surface area contributed by atoms with Crippen molar-refractivity contribution in [3.63, 3.8) is 0 Å². The van der Waals surface area contributed by atoms with Crippen molar-refractivity contribution < 1.29 is 8.81 Å². The van der Waals surface area contributed by atoms with Gasteiger partial charge in [0.05, 0.1) is 0 Å². The molecule has 22 heavy (non-hydrogen) atoms. The maximum absolute atomic E-state index is 13.4. The van der Waals surface area contributed by atoms with E-state index in [9.17, 15) is 4.39 Å². The number of fused-ring (bicyclic) bond motifs is 6. The summed E-state index contributed by atoms with van der Waals surface area (Å²) in [5.74, 6) is -0.211. The molecule has 0 N–H and O–H groups in total. The largest absolute Gasteiger partial charge is 0.455 e. The second-order valence-corrected chi connectivity index (χ2v) is 5.61. The molecule has 0 spiro atoms. The van der Waals surface area contributed by atoms with Gasteiger partial charge in [-0.15, -0.1) is 0 Å². The number of benzene rings is 4. The average Bonchev–Trinajstić information content (AvgIpc) is 2.92. The molecule has 1 aromatic heterocycles. The minimum atomic E-state index is -0.211. The van der Waals surface area contributed by atoms with Crippen LogP contribution in [0.2, 0.25) is 0 Å². The fraction of sp³-hybridized carbons (Fsp3) is 0. The van der Waals surface area contributed by atoms with Gasteiger partial charge in [-0.25, -0.2) is 4.39 Å². The Labute approximate surface area is 125 Å². The van der Waals surface area contributed by atoms with Crippen molar-refractivity contribution in [1.29, 1.82) is 0 Å². The third-order valence-electron chi connectivity index (χ3n) is 4.28. The van der Waals surface area contributed by atoms with Crippen molar-refractivity contribution in [2.45, 2.75) is 0 Å². The third-order valence-corrected chi connectivity index (χ3v) is 4.28. The molecule has 104 valence electrons. The highest BCUT2D eigenvalue weighted by Gasteiger charge is 2.10. The summed E-state index contributed by atoms with van der Waals surface area (Å²) in [6.45, 7) is 0. The second kappa shape index (κ2) is 4.08. The van der Waals surface area contributed by atoms with E-state index in [4.69, 9.17) is 4.42 Å². The van der Waals surface area contributed by atoms with Crippen LogP contribution in [0.25, 0.3) is 43.5 Å². The van der Waals surface area contributed by atoms with E-state index in [0.717, 1.165) is 43.5 Å². The minimum absolute atomic E-state index is 0.211. The van der Waals surface area contributed by atoms with Crippen molar-refractivity contribution in [3.8, 4) is 0 Å². The normalized spacial score (nSPS) is 11.9. The molecule has 0 bridgehead atoms. The molecule has 5 rings (SSSR count). The SMILES string of the molecule is Fc1ccc2cc3c(ccc4c5ccccc5oc34)cc2c1. The maximum atomic E-state index is 13.4. The van der Waals surface area contributed by atoms with Gasteiger partial charge >= 0.3 is 0 Å². The molecule has 0 saturated carbocycles. The average molecular weight is 286 g/mol. The van der Waals surface area contributed by atoms with Crippen LogP contribution in [0.1, 0.15) is 0 Å². The first kappa shape index (κ1) is 11.8. The Hall–Kier alpha value is -2.87. The zero-order valence-electron chi connectivity index (χ0n) is 11.6. The van der Waals surface area contributed by atoms with Crippen LogP contribution in [0.3, 0.4) is 0 Å². The zero-order chi connectivity index (χ0) is 14.7. The topological polar surface area (TPSA) is 13.1 Å². The van der Waals surface area contributed by atoms with Crippen LogP contribution in [-0.2, 0) is 0 Å². The Morgan fingerprint density at radius 3 is 2.45 bits per heavy atom. The Bertz CT molecular complexity index is 1180. The highest BCUT2D eigenvalue weighted by molar-refractivity contribution is 6.17. The van der Waals surface area contributed by atoms with E-state index in [1.54, 1.807) is 6.07 Å². The maximum Gasteiger partial charge on any atom is 0.143 e. The van der Waals surface area contributed by atoms with Crippen molar-refractivity contribution in [3.05, 3.63) is 72.5 Å². The van der Waals surface area contributed by atoms with Crippen LogP contribution < -0.4 is 0 Å². The van der Waals surface area contributed by atoms with E-state index >= 15 is 0 Å². The molecule has 1 nitrogen and oxygen atoms in total. The van der Waals surface area contributed by atoms with Gasteiger partial charge < -0.3 is 4.42 Å². The number of para-hydroxylation sites is 1. The van der Waals surface area contributed by atoms with Crippen LogP contribution in [0.5, 0.6) is 0 Å². The van der Waals surface area contributed by atoms with E-state index in [-0.39, 0.29) is 5.82 Å². The quantitative estimate of drug-likeness (QED) is 0.317. The smallest absolute Gasteiger partial charge is 0.143 e. The number of halogens is 1. The highest BCUT2D eigenvalue weighted by atomic mass is 19.1. The minimum Gasteiger partial charge on any atom is -0.455 e. The van der Waals surface area contributed by atoms with Crippen LogP contribution in [0.4, 0.5) is 4.39 Å². The number of furan rings is 1. The zero-order valence-corrected chi connectivity index (χ0v) is 11.6. The standard InChI is InChI=1S/C20H11FO/c21-15-7-5-12-11-18-13(9-14(12)10-15)6-8-17-16-3-1-2-4-19(16)22-20(17)18/h1-11H. The Morgan fingerprint density at radius 1 is 0.636 bits per heavy atom. The molecule has 0 atom stereocenters. The summed E-state index contributed by atoms with van der Waals surface area (Å²) in [7, 11) is 0. The number of rotatable bonds is 0. The van der Waals surface area contributed by atoms with Crippen LogP contribution in [0, 0.1) is 5.82 Å². The third kappa shape index (κ3) is 1.52. The molecule has 1 heterocycles. The molecule has 0 aliphatic heterocycles. The first-order valence-corrected chi connectivity index (χ1v) is 7.23. The lowest BCUT2D eigenvalue weighted by molar-refractivity contribution is 0.630. The Kier molecular flexibility index (Phi) is 2.18. The van der Waals surface area contributed by atoms with Crippen LogP contribution in [-0.4, -0.2) is 0 Å². The van der Waals surface area contributed by atoms with Crippen LogP contribution >= 0.6 is 0 Å². The van der Waals surface area contributed by atoms with Gasteiger partial charge in [0.2, 0.25) is 0 Å². The first-order chi connectivity index (χ1) is 10.8. The van der Waals surface area contributed by atoms with E-state index in [2.05, 4.69) is 24.3 Å². The summed E-state index contributed by atoms with van der Waals surface area (Å²) in [4.78, 5) is 0. The molecule has 0 aliphatic rings. The molecule has 4 aromatic carbocycles. The van der Waals surface area contributed by atoms with Crippen molar-refractivity contribution in [2.75, 3.05) is 0 Å². The molecular formula is C20H11FO. The lowest BCUT2D eigenvalue weighted by Crippen LogP contribution is -1.79. The molecule has 2 heteroatoms. The van der Waals surface area contributed by atoms with E-state index in [0.29, 0.717) is 0 Å². The van der Waals surface area contributed by atoms with E-state index in [1.165, 1.54) is 6.07 Å². The lowest BCUT2D eigenvalue weighted by atomic mass is 10.0. The van der Waals surface area contributed by atoms with Gasteiger partial charge in [0.1, 0.15) is 17.0 Å². The van der Waals surface area contributed by atoms with Crippen molar-refractivity contribution in [1.82, 2.24) is 0 Å². The predicted molar refractivity (Wildman–Crippen MR) is 88.7 cm³/mol. The fourth-order valence-corrected chi connectivity index (χ4v) is 3.22. The van der Waals surface area contributed by atoms with Crippen molar-refractivity contribution >= 4 is 43.5 Å². The van der Waals surface area contributed by atoms with Gasteiger partial charge in [0, 0.05) is 16.2 Å². The van der Waals surface area contributed by atoms with Gasteiger partial charge in [-0.05, 0) is 52.6 Å². The number of hydrogen-bond donors (Lipinski definition) is 0. The summed E-state index contributed by atoms with van der Waals surface area (Å²) in [5, 5.41) is 6.28. The highest BCUT2D eigenvalue weighted by Crippen LogP contribution is 2.35. The summed E-state index contributed by atoms with van der Waals surface area (Å²) in [5.41, 5.74) is 1.79. The molecule has 0 radical (unpaired) electrons. The molecule has 0 fully saturated rings. The fourth-order valence-electron chi connectivity index (χ4n) is 3.22. The molecule has 0 amide bonds. The molecule has 5 aromatic rings. The Morgan fingerprint density at radius 2 is 1.50 bits per heavy atom. The molecular weight excluding hydrogens is 275 g/mol. The second-order valence-electron chi connectivity index (χ2n) is 5.61. The predicted octanol–water partition coefficient (Wildman–Crippen LogP) is 6.03.